The molecular weight excluding hydrogens is 402 g/mol. The molecule has 0 bridgehead atoms. The standard InChI is InChI=1S/C21H33N5O3S/c1-14(2)19-20(30-24-23-19)21(28)22-12-17-6-5-16(26(17)13-15-3-4-15)11-18(27)25-7-9-29-10-8-25/h14-17H,3-13H2,1-2H3,(H,22,28)/t16-,17+/m1/s1. The van der Waals surface area contributed by atoms with Gasteiger partial charge in [-0.3, -0.25) is 14.5 Å². The molecule has 0 spiro atoms. The van der Waals surface area contributed by atoms with Gasteiger partial charge in [-0.15, -0.1) is 5.10 Å². The van der Waals surface area contributed by atoms with Gasteiger partial charge in [-0.2, -0.15) is 0 Å². The lowest BCUT2D eigenvalue weighted by molar-refractivity contribution is -0.136. The number of morpholine rings is 1. The highest BCUT2D eigenvalue weighted by atomic mass is 32.1. The van der Waals surface area contributed by atoms with Gasteiger partial charge in [0.05, 0.1) is 18.9 Å². The zero-order valence-electron chi connectivity index (χ0n) is 18.0. The molecule has 0 unspecified atom stereocenters. The van der Waals surface area contributed by atoms with Gasteiger partial charge in [0.15, 0.2) is 0 Å². The smallest absolute Gasteiger partial charge is 0.265 e. The third kappa shape index (κ3) is 5.18. The van der Waals surface area contributed by atoms with Gasteiger partial charge >= 0.3 is 0 Å². The van der Waals surface area contributed by atoms with E-state index >= 15 is 0 Å². The zero-order valence-corrected chi connectivity index (χ0v) is 18.8. The number of likely N-dealkylation sites (tertiary alicyclic amines) is 1. The van der Waals surface area contributed by atoms with Crippen molar-refractivity contribution >= 4 is 23.3 Å². The molecule has 0 aromatic carbocycles. The van der Waals surface area contributed by atoms with Crippen LogP contribution in [0, 0.1) is 5.92 Å². The molecule has 9 heteroatoms. The van der Waals surface area contributed by atoms with E-state index in [1.165, 1.54) is 24.4 Å². The second-order valence-corrected chi connectivity index (χ2v) is 9.83. The van der Waals surface area contributed by atoms with Crippen LogP contribution in [0.2, 0.25) is 0 Å². The summed E-state index contributed by atoms with van der Waals surface area (Å²) in [6.45, 7) is 8.40. The van der Waals surface area contributed by atoms with Crippen LogP contribution in [-0.2, 0) is 9.53 Å². The fourth-order valence-corrected chi connectivity index (χ4v) is 5.25. The van der Waals surface area contributed by atoms with Crippen molar-refractivity contribution in [3.8, 4) is 0 Å². The fraction of sp³-hybridized carbons (Fsp3) is 0.810. The second kappa shape index (κ2) is 9.70. The van der Waals surface area contributed by atoms with E-state index in [1.807, 2.05) is 18.7 Å². The first kappa shape index (κ1) is 21.6. The van der Waals surface area contributed by atoms with Gasteiger partial charge in [0, 0.05) is 44.7 Å². The molecule has 2 aliphatic heterocycles. The summed E-state index contributed by atoms with van der Waals surface area (Å²) in [5.74, 6) is 1.09. The molecule has 8 nitrogen and oxygen atoms in total. The van der Waals surface area contributed by atoms with Crippen molar-refractivity contribution in [2.24, 2.45) is 5.92 Å². The third-order valence-electron chi connectivity index (χ3n) is 6.48. The molecule has 1 aromatic rings. The van der Waals surface area contributed by atoms with E-state index in [0.29, 0.717) is 50.2 Å². The number of rotatable bonds is 8. The van der Waals surface area contributed by atoms with Crippen LogP contribution in [0.15, 0.2) is 0 Å². The van der Waals surface area contributed by atoms with Crippen LogP contribution in [0.1, 0.15) is 67.2 Å². The van der Waals surface area contributed by atoms with E-state index in [0.717, 1.165) is 31.0 Å². The SMILES string of the molecule is CC(C)c1nnsc1C(=O)NC[C@@H]1CC[C@H](CC(=O)N2CCOCC2)N1CC1CC1. The molecule has 2 saturated heterocycles. The minimum absolute atomic E-state index is 0.0760. The molecule has 3 heterocycles. The van der Waals surface area contributed by atoms with Gasteiger partial charge in [0.2, 0.25) is 5.91 Å². The maximum atomic E-state index is 12.8. The van der Waals surface area contributed by atoms with Crippen LogP contribution < -0.4 is 5.32 Å². The largest absolute Gasteiger partial charge is 0.378 e. The van der Waals surface area contributed by atoms with Gasteiger partial charge in [-0.25, -0.2) is 0 Å². The average molecular weight is 436 g/mol. The van der Waals surface area contributed by atoms with Crippen LogP contribution in [-0.4, -0.2) is 82.7 Å². The van der Waals surface area contributed by atoms with Crippen LogP contribution in [0.3, 0.4) is 0 Å². The quantitative estimate of drug-likeness (QED) is 0.671. The molecule has 1 N–H and O–H groups in total. The minimum Gasteiger partial charge on any atom is -0.378 e. The molecule has 1 aromatic heterocycles. The normalized spacial score (nSPS) is 25.1. The minimum atomic E-state index is -0.0760. The van der Waals surface area contributed by atoms with E-state index in [-0.39, 0.29) is 23.8 Å². The molecule has 166 valence electrons. The Labute approximate surface area is 182 Å². The van der Waals surface area contributed by atoms with Gasteiger partial charge in [-0.05, 0) is 49.1 Å². The second-order valence-electron chi connectivity index (χ2n) is 9.07. The van der Waals surface area contributed by atoms with E-state index < -0.39 is 0 Å². The van der Waals surface area contributed by atoms with Crippen LogP contribution >= 0.6 is 11.5 Å². The number of nitrogens with zero attached hydrogens (tertiary/aromatic N) is 4. The van der Waals surface area contributed by atoms with Crippen molar-refractivity contribution in [2.75, 3.05) is 39.4 Å². The van der Waals surface area contributed by atoms with E-state index in [1.54, 1.807) is 0 Å². The number of carbonyl (C=O) groups excluding carboxylic acids is 2. The molecule has 2 amide bonds. The molecule has 2 atom stereocenters. The first-order valence-corrected chi connectivity index (χ1v) is 12.0. The Morgan fingerprint density at radius 2 is 1.90 bits per heavy atom. The van der Waals surface area contributed by atoms with Crippen molar-refractivity contribution in [3.05, 3.63) is 10.6 Å². The lowest BCUT2D eigenvalue weighted by Crippen LogP contribution is -2.47. The van der Waals surface area contributed by atoms with Crippen molar-refractivity contribution in [1.82, 2.24) is 24.7 Å². The summed E-state index contributed by atoms with van der Waals surface area (Å²) < 4.78 is 9.34. The highest BCUT2D eigenvalue weighted by Crippen LogP contribution is 2.35. The topological polar surface area (TPSA) is 87.7 Å². The van der Waals surface area contributed by atoms with Crippen molar-refractivity contribution < 1.29 is 14.3 Å². The van der Waals surface area contributed by atoms with Gasteiger partial charge in [0.1, 0.15) is 4.88 Å². The molecular formula is C21H33N5O3S. The van der Waals surface area contributed by atoms with Crippen LogP contribution in [0.4, 0.5) is 0 Å². The van der Waals surface area contributed by atoms with Crippen LogP contribution in [0.25, 0.3) is 0 Å². The molecule has 1 aliphatic carbocycles. The summed E-state index contributed by atoms with van der Waals surface area (Å²) in [6.07, 6.45) is 5.18. The van der Waals surface area contributed by atoms with Crippen molar-refractivity contribution in [2.45, 2.75) is 64.0 Å². The van der Waals surface area contributed by atoms with Gasteiger partial charge < -0.3 is 15.0 Å². The van der Waals surface area contributed by atoms with Crippen molar-refractivity contribution in [1.29, 1.82) is 0 Å². The number of hydrogen-bond acceptors (Lipinski definition) is 7. The Balaban J connectivity index is 1.34. The Morgan fingerprint density at radius 1 is 1.17 bits per heavy atom. The summed E-state index contributed by atoms with van der Waals surface area (Å²) >= 11 is 1.17. The van der Waals surface area contributed by atoms with E-state index in [2.05, 4.69) is 19.8 Å². The molecule has 1 saturated carbocycles. The first-order chi connectivity index (χ1) is 14.5. The van der Waals surface area contributed by atoms with Gasteiger partial charge in [-0.1, -0.05) is 18.3 Å². The molecule has 30 heavy (non-hydrogen) atoms. The number of hydrogen-bond donors (Lipinski definition) is 1. The lowest BCUT2D eigenvalue weighted by atomic mass is 10.1. The molecule has 3 fully saturated rings. The van der Waals surface area contributed by atoms with Crippen molar-refractivity contribution in [3.63, 3.8) is 0 Å². The first-order valence-electron chi connectivity index (χ1n) is 11.2. The lowest BCUT2D eigenvalue weighted by Gasteiger charge is -2.33. The molecule has 4 rings (SSSR count). The summed E-state index contributed by atoms with van der Waals surface area (Å²) in [4.78, 5) is 30.6. The number of nitrogens with one attached hydrogen (secondary N) is 1. The summed E-state index contributed by atoms with van der Waals surface area (Å²) in [6, 6.07) is 0.569. The maximum Gasteiger partial charge on any atom is 0.265 e. The number of aromatic nitrogens is 2. The fourth-order valence-electron chi connectivity index (χ4n) is 4.52. The van der Waals surface area contributed by atoms with E-state index in [4.69, 9.17) is 4.74 Å². The molecule has 3 aliphatic rings. The Morgan fingerprint density at radius 3 is 2.60 bits per heavy atom. The van der Waals surface area contributed by atoms with Crippen LogP contribution in [0.5, 0.6) is 0 Å². The summed E-state index contributed by atoms with van der Waals surface area (Å²) in [5.41, 5.74) is 0.771. The predicted molar refractivity (Wildman–Crippen MR) is 115 cm³/mol. The Hall–Kier alpha value is -1.58. The number of carbonyl (C=O) groups is 2. The zero-order chi connectivity index (χ0) is 21.1. The predicted octanol–water partition coefficient (Wildman–Crippen LogP) is 1.88. The van der Waals surface area contributed by atoms with Gasteiger partial charge in [0.25, 0.3) is 5.91 Å². The molecule has 0 radical (unpaired) electrons. The third-order valence-corrected chi connectivity index (χ3v) is 7.22. The summed E-state index contributed by atoms with van der Waals surface area (Å²) in [7, 11) is 0. The highest BCUT2D eigenvalue weighted by Gasteiger charge is 2.38. The highest BCUT2D eigenvalue weighted by molar-refractivity contribution is 7.08. The number of ether oxygens (including phenoxy) is 1. The monoisotopic (exact) mass is 435 g/mol. The maximum absolute atomic E-state index is 12.8. The van der Waals surface area contributed by atoms with E-state index in [9.17, 15) is 9.59 Å². The number of amides is 2. The summed E-state index contributed by atoms with van der Waals surface area (Å²) in [5, 5.41) is 7.24. The Kier molecular flexibility index (Phi) is 7.00. The average Bonchev–Trinajstić information content (AvgIpc) is 3.28. The Bertz CT molecular complexity index is 745.